The van der Waals surface area contributed by atoms with Crippen LogP contribution in [-0.2, 0) is 4.74 Å². The average molecular weight is 367 g/mol. The number of morpholine rings is 1. The SMILES string of the molecule is Cc1cccc(C(C)C)c1NC(=O)c1cc(C(=O)N2CCOCC2)ccn1. The molecule has 27 heavy (non-hydrogen) atoms. The van der Waals surface area contributed by atoms with Crippen molar-refractivity contribution in [1.82, 2.24) is 9.88 Å². The van der Waals surface area contributed by atoms with Gasteiger partial charge in [0.05, 0.1) is 13.2 Å². The first kappa shape index (κ1) is 19.0. The largest absolute Gasteiger partial charge is 0.378 e. The van der Waals surface area contributed by atoms with Crippen molar-refractivity contribution in [1.29, 1.82) is 0 Å². The highest BCUT2D eigenvalue weighted by Gasteiger charge is 2.20. The van der Waals surface area contributed by atoms with Gasteiger partial charge in [-0.05, 0) is 36.1 Å². The van der Waals surface area contributed by atoms with Crippen LogP contribution >= 0.6 is 0 Å². The van der Waals surface area contributed by atoms with Gasteiger partial charge in [-0.2, -0.15) is 0 Å². The summed E-state index contributed by atoms with van der Waals surface area (Å²) in [6.45, 7) is 8.33. The van der Waals surface area contributed by atoms with Gasteiger partial charge in [0.2, 0.25) is 0 Å². The highest BCUT2D eigenvalue weighted by atomic mass is 16.5. The van der Waals surface area contributed by atoms with E-state index < -0.39 is 0 Å². The predicted octanol–water partition coefficient (Wildman–Crippen LogP) is 3.24. The second kappa shape index (κ2) is 8.31. The third-order valence-electron chi connectivity index (χ3n) is 4.70. The van der Waals surface area contributed by atoms with Crippen LogP contribution in [0, 0.1) is 6.92 Å². The maximum absolute atomic E-state index is 12.8. The Balaban J connectivity index is 1.81. The lowest BCUT2D eigenvalue weighted by molar-refractivity contribution is 0.0303. The molecule has 142 valence electrons. The van der Waals surface area contributed by atoms with Crippen LogP contribution in [-0.4, -0.2) is 48.0 Å². The third kappa shape index (κ3) is 4.34. The molecule has 2 amide bonds. The monoisotopic (exact) mass is 367 g/mol. The smallest absolute Gasteiger partial charge is 0.274 e. The summed E-state index contributed by atoms with van der Waals surface area (Å²) in [5.74, 6) is -0.140. The average Bonchev–Trinajstić information content (AvgIpc) is 2.69. The molecule has 1 aliphatic rings. The van der Waals surface area contributed by atoms with E-state index in [1.165, 1.54) is 6.20 Å². The van der Waals surface area contributed by atoms with Crippen LogP contribution in [0.25, 0.3) is 0 Å². The number of aromatic nitrogens is 1. The van der Waals surface area contributed by atoms with Crippen LogP contribution < -0.4 is 5.32 Å². The molecule has 0 saturated carbocycles. The van der Waals surface area contributed by atoms with Crippen molar-refractivity contribution in [3.8, 4) is 0 Å². The maximum Gasteiger partial charge on any atom is 0.274 e. The number of aryl methyl sites for hydroxylation is 1. The molecule has 1 aliphatic heterocycles. The zero-order chi connectivity index (χ0) is 19.4. The van der Waals surface area contributed by atoms with Crippen LogP contribution in [0.2, 0.25) is 0 Å². The Morgan fingerprint density at radius 3 is 2.63 bits per heavy atom. The van der Waals surface area contributed by atoms with Gasteiger partial charge in [0.25, 0.3) is 11.8 Å². The first-order chi connectivity index (χ1) is 13.0. The number of ether oxygens (including phenoxy) is 1. The van der Waals surface area contributed by atoms with Crippen molar-refractivity contribution >= 4 is 17.5 Å². The normalized spacial score (nSPS) is 14.3. The molecule has 6 heteroatoms. The minimum absolute atomic E-state index is 0.103. The van der Waals surface area contributed by atoms with Gasteiger partial charge in [-0.15, -0.1) is 0 Å². The van der Waals surface area contributed by atoms with Crippen molar-refractivity contribution < 1.29 is 14.3 Å². The standard InChI is InChI=1S/C21H25N3O3/c1-14(2)17-6-4-5-15(3)19(17)23-20(25)18-13-16(7-8-22-18)21(26)24-9-11-27-12-10-24/h4-8,13-14H,9-12H2,1-3H3,(H,23,25). The number of carbonyl (C=O) groups excluding carboxylic acids is 2. The van der Waals surface area contributed by atoms with Crippen molar-refractivity contribution in [2.45, 2.75) is 26.7 Å². The number of amides is 2. The number of carbonyl (C=O) groups is 2. The van der Waals surface area contributed by atoms with Crippen LogP contribution in [0.1, 0.15) is 51.7 Å². The molecule has 0 unspecified atom stereocenters. The molecule has 0 spiro atoms. The highest BCUT2D eigenvalue weighted by Crippen LogP contribution is 2.27. The molecule has 0 radical (unpaired) electrons. The number of nitrogens with one attached hydrogen (secondary N) is 1. The molecule has 1 saturated heterocycles. The van der Waals surface area contributed by atoms with Gasteiger partial charge in [0, 0.05) is 30.5 Å². The number of hydrogen-bond acceptors (Lipinski definition) is 4. The first-order valence-electron chi connectivity index (χ1n) is 9.21. The topological polar surface area (TPSA) is 71.5 Å². The van der Waals surface area contributed by atoms with Crippen molar-refractivity contribution in [2.75, 3.05) is 31.6 Å². The summed E-state index contributed by atoms with van der Waals surface area (Å²) in [5, 5.41) is 2.98. The molecule has 0 aliphatic carbocycles. The Kier molecular flexibility index (Phi) is 5.86. The van der Waals surface area contributed by atoms with Crippen LogP contribution in [0.4, 0.5) is 5.69 Å². The lowest BCUT2D eigenvalue weighted by Gasteiger charge is -2.26. The lowest BCUT2D eigenvalue weighted by atomic mass is 9.98. The molecule has 6 nitrogen and oxygen atoms in total. The minimum Gasteiger partial charge on any atom is -0.378 e. The van der Waals surface area contributed by atoms with E-state index >= 15 is 0 Å². The van der Waals surface area contributed by atoms with Crippen LogP contribution in [0.15, 0.2) is 36.5 Å². The molecule has 0 bridgehead atoms. The third-order valence-corrected chi connectivity index (χ3v) is 4.70. The first-order valence-corrected chi connectivity index (χ1v) is 9.21. The molecule has 1 N–H and O–H groups in total. The van der Waals surface area contributed by atoms with Crippen molar-refractivity contribution in [3.63, 3.8) is 0 Å². The summed E-state index contributed by atoms with van der Waals surface area (Å²) in [6.07, 6.45) is 1.50. The second-order valence-corrected chi connectivity index (χ2v) is 6.98. The van der Waals surface area contributed by atoms with E-state index in [0.29, 0.717) is 31.9 Å². The Bertz CT molecular complexity index is 842. The fourth-order valence-electron chi connectivity index (χ4n) is 3.16. The Hall–Kier alpha value is -2.73. The van der Waals surface area contributed by atoms with E-state index in [1.807, 2.05) is 25.1 Å². The molecule has 1 fully saturated rings. The Morgan fingerprint density at radius 1 is 1.19 bits per heavy atom. The van der Waals surface area contributed by atoms with Gasteiger partial charge in [0.15, 0.2) is 0 Å². The van der Waals surface area contributed by atoms with E-state index in [0.717, 1.165) is 16.8 Å². The summed E-state index contributed by atoms with van der Waals surface area (Å²) in [4.78, 5) is 31.3. The van der Waals surface area contributed by atoms with E-state index in [9.17, 15) is 9.59 Å². The number of pyridine rings is 1. The van der Waals surface area contributed by atoms with E-state index in [2.05, 4.69) is 24.1 Å². The summed E-state index contributed by atoms with van der Waals surface area (Å²) in [5.41, 5.74) is 3.57. The van der Waals surface area contributed by atoms with Gasteiger partial charge in [-0.25, -0.2) is 0 Å². The van der Waals surface area contributed by atoms with E-state index in [-0.39, 0.29) is 23.4 Å². The number of para-hydroxylation sites is 1. The van der Waals surface area contributed by atoms with Crippen molar-refractivity contribution in [2.24, 2.45) is 0 Å². The molecule has 3 rings (SSSR count). The summed E-state index contributed by atoms with van der Waals surface area (Å²) in [6, 6.07) is 9.16. The number of hydrogen-bond donors (Lipinski definition) is 1. The molecular formula is C21H25N3O3. The van der Waals surface area contributed by atoms with E-state index in [4.69, 9.17) is 4.74 Å². The number of rotatable bonds is 4. The number of anilines is 1. The summed E-state index contributed by atoms with van der Waals surface area (Å²) >= 11 is 0. The summed E-state index contributed by atoms with van der Waals surface area (Å²) in [7, 11) is 0. The molecule has 1 aromatic heterocycles. The van der Waals surface area contributed by atoms with Gasteiger partial charge >= 0.3 is 0 Å². The molecule has 2 aromatic rings. The number of benzene rings is 1. The highest BCUT2D eigenvalue weighted by molar-refractivity contribution is 6.05. The Labute approximate surface area is 159 Å². The van der Waals surface area contributed by atoms with Crippen molar-refractivity contribution in [3.05, 3.63) is 58.9 Å². The Morgan fingerprint density at radius 2 is 1.93 bits per heavy atom. The summed E-state index contributed by atoms with van der Waals surface area (Å²) < 4.78 is 5.29. The van der Waals surface area contributed by atoms with E-state index in [1.54, 1.807) is 17.0 Å². The fraction of sp³-hybridized carbons (Fsp3) is 0.381. The zero-order valence-electron chi connectivity index (χ0n) is 16.0. The zero-order valence-corrected chi connectivity index (χ0v) is 16.0. The van der Waals surface area contributed by atoms with Gasteiger partial charge in [-0.3, -0.25) is 14.6 Å². The van der Waals surface area contributed by atoms with Crippen LogP contribution in [0.3, 0.4) is 0 Å². The number of nitrogens with zero attached hydrogens (tertiary/aromatic N) is 2. The predicted molar refractivity (Wildman–Crippen MR) is 104 cm³/mol. The molecule has 1 aromatic carbocycles. The van der Waals surface area contributed by atoms with Gasteiger partial charge < -0.3 is 15.0 Å². The second-order valence-electron chi connectivity index (χ2n) is 6.98. The molecule has 0 atom stereocenters. The van der Waals surface area contributed by atoms with Gasteiger partial charge in [-0.1, -0.05) is 32.0 Å². The fourth-order valence-corrected chi connectivity index (χ4v) is 3.16. The lowest BCUT2D eigenvalue weighted by Crippen LogP contribution is -2.40. The minimum atomic E-state index is -0.317. The van der Waals surface area contributed by atoms with Crippen LogP contribution in [0.5, 0.6) is 0 Å². The quantitative estimate of drug-likeness (QED) is 0.900. The molecular weight excluding hydrogens is 342 g/mol. The molecule has 2 heterocycles. The van der Waals surface area contributed by atoms with Gasteiger partial charge in [0.1, 0.15) is 5.69 Å². The maximum atomic E-state index is 12.8.